The average Bonchev–Trinajstić information content (AvgIpc) is 2.53. The highest BCUT2D eigenvalue weighted by molar-refractivity contribution is 6.06. The molecule has 1 aromatic carbocycles. The summed E-state index contributed by atoms with van der Waals surface area (Å²) >= 11 is 0. The molecule has 0 saturated carbocycles. The van der Waals surface area contributed by atoms with Crippen molar-refractivity contribution >= 4 is 17.6 Å². The van der Waals surface area contributed by atoms with Crippen molar-refractivity contribution in [3.63, 3.8) is 0 Å². The first-order valence-electron chi connectivity index (χ1n) is 6.69. The fraction of sp³-hybridized carbons (Fsp3) is 0.188. The van der Waals surface area contributed by atoms with Crippen LogP contribution in [0.3, 0.4) is 0 Å². The van der Waals surface area contributed by atoms with E-state index < -0.39 is 17.7 Å². The molecule has 1 atom stereocenters. The molecule has 1 N–H and O–H groups in total. The first kappa shape index (κ1) is 15.6. The van der Waals surface area contributed by atoms with E-state index in [-0.39, 0.29) is 12.5 Å². The maximum Gasteiger partial charge on any atom is 0.308 e. The first-order valence-corrected chi connectivity index (χ1v) is 6.69. The number of hydrogen-bond donors (Lipinski definition) is 1. The molecule has 0 aliphatic heterocycles. The fourth-order valence-corrected chi connectivity index (χ4v) is 1.93. The topological polar surface area (TPSA) is 70.5 Å². The van der Waals surface area contributed by atoms with E-state index in [0.717, 1.165) is 0 Å². The van der Waals surface area contributed by atoms with Crippen LogP contribution in [0.15, 0.2) is 48.8 Å². The number of carbonyl (C=O) groups excluding carboxylic acids is 1. The number of rotatable bonds is 5. The number of halogens is 1. The first-order chi connectivity index (χ1) is 10.5. The van der Waals surface area contributed by atoms with Crippen LogP contribution in [0.5, 0.6) is 0 Å². The maximum atomic E-state index is 13.1. The van der Waals surface area contributed by atoms with Gasteiger partial charge in [-0.2, -0.15) is 0 Å². The van der Waals surface area contributed by atoms with Gasteiger partial charge in [-0.25, -0.2) is 4.39 Å². The van der Waals surface area contributed by atoms with Gasteiger partial charge in [0, 0.05) is 30.2 Å². The van der Waals surface area contributed by atoms with E-state index >= 15 is 0 Å². The summed E-state index contributed by atoms with van der Waals surface area (Å²) in [6.07, 6.45) is 2.97. The molecule has 0 radical (unpaired) electrons. The van der Waals surface area contributed by atoms with E-state index in [2.05, 4.69) is 4.98 Å². The lowest BCUT2D eigenvalue weighted by molar-refractivity contribution is -0.140. The largest absolute Gasteiger partial charge is 0.481 e. The van der Waals surface area contributed by atoms with Crippen molar-refractivity contribution in [2.75, 3.05) is 11.4 Å². The standard InChI is InChI=1S/C16H15FN2O3/c1-11(16(21)22)10-19(14-4-2-13(17)3-5-14)15(20)12-6-8-18-9-7-12/h2-9,11H,10H2,1H3,(H,21,22). The van der Waals surface area contributed by atoms with Gasteiger partial charge in [0.15, 0.2) is 0 Å². The van der Waals surface area contributed by atoms with Gasteiger partial charge in [-0.05, 0) is 36.4 Å². The maximum absolute atomic E-state index is 13.1. The second kappa shape index (κ2) is 6.80. The van der Waals surface area contributed by atoms with E-state index in [1.165, 1.54) is 48.5 Å². The van der Waals surface area contributed by atoms with E-state index in [1.54, 1.807) is 12.1 Å². The van der Waals surface area contributed by atoms with Gasteiger partial charge in [0.25, 0.3) is 5.91 Å². The molecule has 114 valence electrons. The zero-order chi connectivity index (χ0) is 16.1. The molecule has 22 heavy (non-hydrogen) atoms. The molecule has 2 aromatic rings. The summed E-state index contributed by atoms with van der Waals surface area (Å²) in [5.74, 6) is -2.54. The molecule has 5 nitrogen and oxygen atoms in total. The van der Waals surface area contributed by atoms with Crippen molar-refractivity contribution in [3.05, 3.63) is 60.2 Å². The minimum absolute atomic E-state index is 0.0118. The number of hydrogen-bond acceptors (Lipinski definition) is 3. The third-order valence-corrected chi connectivity index (χ3v) is 3.19. The Morgan fingerprint density at radius 3 is 2.32 bits per heavy atom. The van der Waals surface area contributed by atoms with Gasteiger partial charge < -0.3 is 10.0 Å². The molecule has 1 unspecified atom stereocenters. The molecular formula is C16H15FN2O3. The van der Waals surface area contributed by atoms with Crippen LogP contribution in [0.2, 0.25) is 0 Å². The summed E-state index contributed by atoms with van der Waals surface area (Å²) in [6, 6.07) is 8.45. The predicted molar refractivity (Wildman–Crippen MR) is 79.1 cm³/mol. The summed E-state index contributed by atoms with van der Waals surface area (Å²) in [4.78, 5) is 28.8. The van der Waals surface area contributed by atoms with Gasteiger partial charge in [-0.1, -0.05) is 6.92 Å². The Hall–Kier alpha value is -2.76. The van der Waals surface area contributed by atoms with Gasteiger partial charge in [0.2, 0.25) is 0 Å². The molecule has 2 rings (SSSR count). The van der Waals surface area contributed by atoms with Crippen molar-refractivity contribution in [2.24, 2.45) is 5.92 Å². The number of aromatic nitrogens is 1. The van der Waals surface area contributed by atoms with Crippen LogP contribution in [-0.2, 0) is 4.79 Å². The number of carboxylic acids is 1. The summed E-state index contributed by atoms with van der Waals surface area (Å²) in [5.41, 5.74) is 0.827. The van der Waals surface area contributed by atoms with Crippen LogP contribution in [0.25, 0.3) is 0 Å². The molecule has 0 aliphatic rings. The number of anilines is 1. The van der Waals surface area contributed by atoms with Gasteiger partial charge >= 0.3 is 5.97 Å². The van der Waals surface area contributed by atoms with Crippen molar-refractivity contribution in [2.45, 2.75) is 6.92 Å². The molecule has 0 saturated heterocycles. The van der Waals surface area contributed by atoms with Crippen molar-refractivity contribution in [3.8, 4) is 0 Å². The Morgan fingerprint density at radius 2 is 1.77 bits per heavy atom. The number of carboxylic acid groups (broad SMARTS) is 1. The van der Waals surface area contributed by atoms with Crippen molar-refractivity contribution < 1.29 is 19.1 Å². The minimum Gasteiger partial charge on any atom is -0.481 e. The molecule has 6 heteroatoms. The van der Waals surface area contributed by atoms with Crippen LogP contribution in [0.4, 0.5) is 10.1 Å². The number of pyridine rings is 1. The Morgan fingerprint density at radius 1 is 1.18 bits per heavy atom. The summed E-state index contributed by atoms with van der Waals surface area (Å²) in [5, 5.41) is 9.07. The molecular weight excluding hydrogens is 287 g/mol. The minimum atomic E-state index is -1.00. The monoisotopic (exact) mass is 302 g/mol. The van der Waals surface area contributed by atoms with E-state index in [4.69, 9.17) is 5.11 Å². The summed E-state index contributed by atoms with van der Waals surface area (Å²) in [7, 11) is 0. The number of carbonyl (C=O) groups is 2. The Kier molecular flexibility index (Phi) is 4.83. The molecule has 1 heterocycles. The molecule has 1 amide bonds. The van der Waals surface area contributed by atoms with Crippen LogP contribution in [-0.4, -0.2) is 28.5 Å². The highest BCUT2D eigenvalue weighted by Crippen LogP contribution is 2.19. The zero-order valence-electron chi connectivity index (χ0n) is 11.9. The highest BCUT2D eigenvalue weighted by atomic mass is 19.1. The Labute approximate surface area is 127 Å². The number of amides is 1. The quantitative estimate of drug-likeness (QED) is 0.921. The third kappa shape index (κ3) is 3.66. The lowest BCUT2D eigenvalue weighted by Gasteiger charge is -2.24. The number of aliphatic carboxylic acids is 1. The van der Waals surface area contributed by atoms with E-state index in [9.17, 15) is 14.0 Å². The fourth-order valence-electron chi connectivity index (χ4n) is 1.93. The second-order valence-electron chi connectivity index (χ2n) is 4.87. The van der Waals surface area contributed by atoms with Gasteiger partial charge in [-0.15, -0.1) is 0 Å². The van der Waals surface area contributed by atoms with Crippen LogP contribution in [0.1, 0.15) is 17.3 Å². The van der Waals surface area contributed by atoms with Crippen molar-refractivity contribution in [1.29, 1.82) is 0 Å². The molecule has 0 bridgehead atoms. The molecule has 0 aliphatic carbocycles. The number of nitrogens with zero attached hydrogens (tertiary/aromatic N) is 2. The number of benzene rings is 1. The molecule has 0 spiro atoms. The lowest BCUT2D eigenvalue weighted by Crippen LogP contribution is -2.37. The van der Waals surface area contributed by atoms with Crippen LogP contribution >= 0.6 is 0 Å². The van der Waals surface area contributed by atoms with E-state index in [1.807, 2.05) is 0 Å². The van der Waals surface area contributed by atoms with E-state index in [0.29, 0.717) is 11.3 Å². The lowest BCUT2D eigenvalue weighted by atomic mass is 10.1. The normalized spacial score (nSPS) is 11.7. The SMILES string of the molecule is CC(CN(C(=O)c1ccncc1)c1ccc(F)cc1)C(=O)O. The second-order valence-corrected chi connectivity index (χ2v) is 4.87. The van der Waals surface area contributed by atoms with Gasteiger partial charge in [0.05, 0.1) is 5.92 Å². The van der Waals surface area contributed by atoms with Crippen LogP contribution < -0.4 is 4.90 Å². The van der Waals surface area contributed by atoms with Crippen LogP contribution in [0, 0.1) is 11.7 Å². The predicted octanol–water partition coefficient (Wildman–Crippen LogP) is 2.59. The zero-order valence-corrected chi connectivity index (χ0v) is 11.9. The Bertz CT molecular complexity index is 659. The Balaban J connectivity index is 2.34. The van der Waals surface area contributed by atoms with Crippen molar-refractivity contribution in [1.82, 2.24) is 4.98 Å². The van der Waals surface area contributed by atoms with Gasteiger partial charge in [0.1, 0.15) is 5.82 Å². The smallest absolute Gasteiger partial charge is 0.308 e. The molecule has 1 aromatic heterocycles. The summed E-state index contributed by atoms with van der Waals surface area (Å²) < 4.78 is 13.1. The highest BCUT2D eigenvalue weighted by Gasteiger charge is 2.23. The third-order valence-electron chi connectivity index (χ3n) is 3.19. The molecule has 0 fully saturated rings. The van der Waals surface area contributed by atoms with Gasteiger partial charge in [-0.3, -0.25) is 14.6 Å². The average molecular weight is 302 g/mol. The summed E-state index contributed by atoms with van der Waals surface area (Å²) in [6.45, 7) is 1.50.